The zero-order valence-corrected chi connectivity index (χ0v) is 18.5. The number of aromatic nitrogens is 4. The van der Waals surface area contributed by atoms with Crippen LogP contribution in [0, 0.1) is 19.7 Å². The Hall–Kier alpha value is -2.79. The van der Waals surface area contributed by atoms with Crippen molar-refractivity contribution in [3.63, 3.8) is 0 Å². The maximum atomic E-state index is 13.0. The van der Waals surface area contributed by atoms with E-state index in [0.29, 0.717) is 21.8 Å². The Bertz CT molecular complexity index is 1040. The molecule has 0 fully saturated rings. The van der Waals surface area contributed by atoms with E-state index in [1.807, 2.05) is 13.8 Å². The van der Waals surface area contributed by atoms with E-state index in [0.717, 1.165) is 10.6 Å². The van der Waals surface area contributed by atoms with Gasteiger partial charge in [0.25, 0.3) is 0 Å². The van der Waals surface area contributed by atoms with Crippen LogP contribution in [0.25, 0.3) is 0 Å². The van der Waals surface area contributed by atoms with E-state index in [1.165, 1.54) is 47.4 Å². The number of rotatable bonds is 7. The highest BCUT2D eigenvalue weighted by Gasteiger charge is 2.21. The number of thiazole rings is 1. The van der Waals surface area contributed by atoms with E-state index in [4.69, 9.17) is 0 Å². The molecule has 0 saturated heterocycles. The van der Waals surface area contributed by atoms with Crippen LogP contribution < -0.4 is 10.6 Å². The molecule has 158 valence electrons. The summed E-state index contributed by atoms with van der Waals surface area (Å²) in [7, 11) is 1.74. The Kier molecular flexibility index (Phi) is 6.83. The molecule has 30 heavy (non-hydrogen) atoms. The van der Waals surface area contributed by atoms with Gasteiger partial charge in [0.1, 0.15) is 11.6 Å². The molecule has 2 N–H and O–H groups in total. The van der Waals surface area contributed by atoms with Crippen molar-refractivity contribution in [2.75, 3.05) is 10.6 Å². The first kappa shape index (κ1) is 21.9. The quantitative estimate of drug-likeness (QED) is 0.538. The Morgan fingerprint density at radius 2 is 1.90 bits per heavy atom. The summed E-state index contributed by atoms with van der Waals surface area (Å²) in [6, 6.07) is 5.51. The standard InChI is InChI=1S/C19H21FN6O2S2/c1-10-11(2)29-18(21-10)23-17(28)12(3)30-19-25-24-15(26(19)4)9-16(27)22-14-7-5-13(20)6-8-14/h5-8,12H,9H2,1-4H3,(H,22,27)(H,21,23,28)/t12-/m0/s1. The second-order valence-electron chi connectivity index (χ2n) is 6.60. The Morgan fingerprint density at radius 1 is 1.20 bits per heavy atom. The Labute approximate surface area is 181 Å². The normalized spacial score (nSPS) is 11.9. The van der Waals surface area contributed by atoms with E-state index < -0.39 is 5.25 Å². The largest absolute Gasteiger partial charge is 0.326 e. The average molecular weight is 449 g/mol. The smallest absolute Gasteiger partial charge is 0.239 e. The molecule has 2 aromatic heterocycles. The number of anilines is 2. The summed E-state index contributed by atoms with van der Waals surface area (Å²) in [6.07, 6.45) is -0.000315. The number of hydrogen-bond acceptors (Lipinski definition) is 7. The zero-order chi connectivity index (χ0) is 21.8. The number of halogens is 1. The molecule has 3 rings (SSSR count). The number of nitrogens with zero attached hydrogens (tertiary/aromatic N) is 4. The number of thioether (sulfide) groups is 1. The maximum absolute atomic E-state index is 13.0. The van der Waals surface area contributed by atoms with Crippen molar-refractivity contribution >= 4 is 45.7 Å². The van der Waals surface area contributed by atoms with Crippen molar-refractivity contribution in [1.82, 2.24) is 19.7 Å². The molecule has 3 aromatic rings. The second kappa shape index (κ2) is 9.35. The van der Waals surface area contributed by atoms with Gasteiger partial charge in [-0.1, -0.05) is 11.8 Å². The molecule has 0 aliphatic rings. The lowest BCUT2D eigenvalue weighted by atomic mass is 10.3. The highest BCUT2D eigenvalue weighted by atomic mass is 32.2. The van der Waals surface area contributed by atoms with Gasteiger partial charge in [-0.15, -0.1) is 21.5 Å². The van der Waals surface area contributed by atoms with Crippen LogP contribution in [0.3, 0.4) is 0 Å². The minimum atomic E-state index is -0.432. The molecule has 0 saturated carbocycles. The molecule has 2 amide bonds. The molecular weight excluding hydrogens is 427 g/mol. The van der Waals surface area contributed by atoms with Gasteiger partial charge in [-0.2, -0.15) is 0 Å². The molecule has 0 radical (unpaired) electrons. The molecule has 2 heterocycles. The highest BCUT2D eigenvalue weighted by molar-refractivity contribution is 8.00. The number of amides is 2. The van der Waals surface area contributed by atoms with Crippen molar-refractivity contribution in [2.24, 2.45) is 7.05 Å². The van der Waals surface area contributed by atoms with E-state index >= 15 is 0 Å². The molecule has 11 heteroatoms. The summed E-state index contributed by atoms with van der Waals surface area (Å²) in [6.45, 7) is 5.62. The van der Waals surface area contributed by atoms with Crippen LogP contribution in [0.1, 0.15) is 23.3 Å². The first-order valence-corrected chi connectivity index (χ1v) is 10.8. The summed E-state index contributed by atoms with van der Waals surface area (Å²) in [5, 5.41) is 14.3. The molecule has 0 spiro atoms. The van der Waals surface area contributed by atoms with Gasteiger partial charge in [-0.3, -0.25) is 9.59 Å². The predicted octanol–water partition coefficient (Wildman–Crippen LogP) is 3.33. The summed E-state index contributed by atoms with van der Waals surface area (Å²) in [4.78, 5) is 30.0. The lowest BCUT2D eigenvalue weighted by Gasteiger charge is -2.10. The van der Waals surface area contributed by atoms with Crippen molar-refractivity contribution in [3.8, 4) is 0 Å². The first-order chi connectivity index (χ1) is 14.2. The number of carbonyl (C=O) groups is 2. The van der Waals surface area contributed by atoms with Crippen molar-refractivity contribution in [3.05, 3.63) is 46.5 Å². The monoisotopic (exact) mass is 448 g/mol. The average Bonchev–Trinajstić information content (AvgIpc) is 3.19. The molecule has 0 aliphatic heterocycles. The van der Waals surface area contributed by atoms with Crippen LogP contribution in [0.5, 0.6) is 0 Å². The second-order valence-corrected chi connectivity index (χ2v) is 9.11. The van der Waals surface area contributed by atoms with Crippen LogP contribution >= 0.6 is 23.1 Å². The van der Waals surface area contributed by atoms with Crippen LogP contribution in [0.4, 0.5) is 15.2 Å². The number of aryl methyl sites for hydroxylation is 2. The molecule has 1 aromatic carbocycles. The predicted molar refractivity (Wildman–Crippen MR) is 115 cm³/mol. The minimum absolute atomic E-state index is 0.000315. The van der Waals surface area contributed by atoms with Gasteiger partial charge in [0.15, 0.2) is 10.3 Å². The van der Waals surface area contributed by atoms with Crippen LogP contribution in [-0.4, -0.2) is 36.8 Å². The van der Waals surface area contributed by atoms with E-state index in [2.05, 4.69) is 25.8 Å². The van der Waals surface area contributed by atoms with Crippen LogP contribution in [0.2, 0.25) is 0 Å². The maximum Gasteiger partial charge on any atom is 0.239 e. The molecule has 0 unspecified atom stereocenters. The summed E-state index contributed by atoms with van der Waals surface area (Å²) >= 11 is 2.67. The van der Waals surface area contributed by atoms with Gasteiger partial charge in [-0.25, -0.2) is 9.37 Å². The number of nitrogens with one attached hydrogen (secondary N) is 2. The lowest BCUT2D eigenvalue weighted by Crippen LogP contribution is -2.23. The van der Waals surface area contributed by atoms with Crippen molar-refractivity contribution in [2.45, 2.75) is 37.6 Å². The van der Waals surface area contributed by atoms with Crippen molar-refractivity contribution in [1.29, 1.82) is 0 Å². The number of hydrogen-bond donors (Lipinski definition) is 2. The van der Waals surface area contributed by atoms with Crippen molar-refractivity contribution < 1.29 is 14.0 Å². The summed E-state index contributed by atoms with van der Waals surface area (Å²) in [5.74, 6) is -0.404. The Morgan fingerprint density at radius 3 is 2.53 bits per heavy atom. The third-order valence-electron chi connectivity index (χ3n) is 4.28. The third-order valence-corrected chi connectivity index (χ3v) is 6.40. The highest BCUT2D eigenvalue weighted by Crippen LogP contribution is 2.25. The van der Waals surface area contributed by atoms with E-state index in [9.17, 15) is 14.0 Å². The summed E-state index contributed by atoms with van der Waals surface area (Å²) < 4.78 is 14.6. The minimum Gasteiger partial charge on any atom is -0.326 e. The molecule has 0 bridgehead atoms. The lowest BCUT2D eigenvalue weighted by molar-refractivity contribution is -0.116. The molecular formula is C19H21FN6O2S2. The molecule has 1 atom stereocenters. The molecule has 0 aliphatic carbocycles. The van der Waals surface area contributed by atoms with Crippen LogP contribution in [0.15, 0.2) is 29.4 Å². The van der Waals surface area contributed by atoms with Gasteiger partial charge in [0.2, 0.25) is 11.8 Å². The fourth-order valence-electron chi connectivity index (χ4n) is 2.43. The van der Waals surface area contributed by atoms with Gasteiger partial charge < -0.3 is 15.2 Å². The Balaban J connectivity index is 1.58. The third kappa shape index (κ3) is 5.42. The molecule has 8 nitrogen and oxygen atoms in total. The fraction of sp³-hybridized carbons (Fsp3) is 0.316. The van der Waals surface area contributed by atoms with Gasteiger partial charge in [0, 0.05) is 17.6 Å². The number of benzene rings is 1. The topological polar surface area (TPSA) is 102 Å². The fourth-order valence-corrected chi connectivity index (χ4v) is 4.08. The van der Waals surface area contributed by atoms with Crippen LogP contribution in [-0.2, 0) is 23.1 Å². The van der Waals surface area contributed by atoms with Gasteiger partial charge in [-0.05, 0) is 45.0 Å². The first-order valence-electron chi connectivity index (χ1n) is 9.08. The van der Waals surface area contributed by atoms with Gasteiger partial charge >= 0.3 is 0 Å². The summed E-state index contributed by atoms with van der Waals surface area (Å²) in [5.41, 5.74) is 1.39. The SMILES string of the molecule is Cc1nc(NC(=O)[C@H](C)Sc2nnc(CC(=O)Nc3ccc(F)cc3)n2C)sc1C. The van der Waals surface area contributed by atoms with Gasteiger partial charge in [0.05, 0.1) is 17.4 Å². The van der Waals surface area contributed by atoms with E-state index in [-0.39, 0.29) is 24.1 Å². The van der Waals surface area contributed by atoms with E-state index in [1.54, 1.807) is 18.5 Å². The number of carbonyl (C=O) groups excluding carboxylic acids is 2. The zero-order valence-electron chi connectivity index (χ0n) is 16.9.